The van der Waals surface area contributed by atoms with Crippen LogP contribution in [0.2, 0.25) is 0 Å². The zero-order valence-electron chi connectivity index (χ0n) is 12.2. The summed E-state index contributed by atoms with van der Waals surface area (Å²) in [5, 5.41) is 9.37. The van der Waals surface area contributed by atoms with Gasteiger partial charge < -0.3 is 14.7 Å². The molecule has 1 heterocycles. The van der Waals surface area contributed by atoms with E-state index in [0.29, 0.717) is 26.2 Å². The molecule has 1 unspecified atom stereocenters. The van der Waals surface area contributed by atoms with Crippen LogP contribution < -0.4 is 0 Å². The average molecular weight is 291 g/mol. The number of amides is 1. The van der Waals surface area contributed by atoms with Crippen molar-refractivity contribution in [2.24, 2.45) is 0 Å². The lowest BCUT2D eigenvalue weighted by Gasteiger charge is -2.34. The number of hydrogen-bond donors (Lipinski definition) is 1. The molecule has 1 atom stereocenters. The van der Waals surface area contributed by atoms with Crippen LogP contribution in [0.15, 0.2) is 24.3 Å². The van der Waals surface area contributed by atoms with E-state index in [1.165, 1.54) is 4.90 Å². The molecule has 5 heteroatoms. The van der Waals surface area contributed by atoms with Gasteiger partial charge >= 0.3 is 5.97 Å². The topological polar surface area (TPSA) is 66.8 Å². The van der Waals surface area contributed by atoms with Crippen molar-refractivity contribution in [1.29, 1.82) is 0 Å². The first-order chi connectivity index (χ1) is 10.1. The molecule has 5 nitrogen and oxygen atoms in total. The lowest BCUT2D eigenvalue weighted by Crippen LogP contribution is -2.48. The molecule has 1 aromatic carbocycles. The van der Waals surface area contributed by atoms with Gasteiger partial charge in [-0.3, -0.25) is 4.79 Å². The number of carboxylic acids is 1. The molecule has 0 saturated carbocycles. The fourth-order valence-electron chi connectivity index (χ4n) is 2.56. The first-order valence-electron chi connectivity index (χ1n) is 7.30. The Morgan fingerprint density at radius 2 is 2.00 bits per heavy atom. The highest BCUT2D eigenvalue weighted by atomic mass is 16.5. The number of fused-ring (bicyclic) bond motifs is 1. The van der Waals surface area contributed by atoms with Crippen LogP contribution in [0.3, 0.4) is 0 Å². The van der Waals surface area contributed by atoms with E-state index < -0.39 is 12.0 Å². The van der Waals surface area contributed by atoms with E-state index in [4.69, 9.17) is 4.74 Å². The van der Waals surface area contributed by atoms with E-state index in [2.05, 4.69) is 0 Å². The van der Waals surface area contributed by atoms with Gasteiger partial charge in [0.15, 0.2) is 0 Å². The van der Waals surface area contributed by atoms with E-state index in [1.807, 2.05) is 31.2 Å². The van der Waals surface area contributed by atoms with Gasteiger partial charge in [0.2, 0.25) is 5.91 Å². The molecular weight excluding hydrogens is 270 g/mol. The van der Waals surface area contributed by atoms with Crippen LogP contribution in [0.5, 0.6) is 0 Å². The Morgan fingerprint density at radius 1 is 1.29 bits per heavy atom. The number of aliphatic carboxylic acids is 1. The highest BCUT2D eigenvalue weighted by molar-refractivity contribution is 5.84. The number of carbonyl (C=O) groups excluding carboxylic acids is 1. The molecule has 1 N–H and O–H groups in total. The Labute approximate surface area is 124 Å². The van der Waals surface area contributed by atoms with Crippen molar-refractivity contribution in [3.63, 3.8) is 0 Å². The molecule has 0 aliphatic carbocycles. The molecule has 0 aromatic heterocycles. The third kappa shape index (κ3) is 3.82. The monoisotopic (exact) mass is 291 g/mol. The van der Waals surface area contributed by atoms with Crippen molar-refractivity contribution in [2.75, 3.05) is 13.2 Å². The molecule has 2 rings (SSSR count). The van der Waals surface area contributed by atoms with Crippen molar-refractivity contribution in [2.45, 2.75) is 38.8 Å². The van der Waals surface area contributed by atoms with Crippen molar-refractivity contribution < 1.29 is 19.4 Å². The van der Waals surface area contributed by atoms with Gasteiger partial charge in [0.1, 0.15) is 6.04 Å². The van der Waals surface area contributed by atoms with Crippen LogP contribution >= 0.6 is 0 Å². The number of benzene rings is 1. The number of carboxylic acid groups (broad SMARTS) is 1. The van der Waals surface area contributed by atoms with Gasteiger partial charge in [-0.25, -0.2) is 4.79 Å². The van der Waals surface area contributed by atoms with Gasteiger partial charge in [-0.2, -0.15) is 0 Å². The van der Waals surface area contributed by atoms with Gasteiger partial charge in [-0.15, -0.1) is 0 Å². The van der Waals surface area contributed by atoms with Crippen LogP contribution in [0.25, 0.3) is 0 Å². The van der Waals surface area contributed by atoms with Crippen LogP contribution in [-0.4, -0.2) is 41.1 Å². The molecule has 1 aliphatic heterocycles. The smallest absolute Gasteiger partial charge is 0.326 e. The molecule has 1 aliphatic rings. The van der Waals surface area contributed by atoms with E-state index in [9.17, 15) is 14.7 Å². The second-order valence-corrected chi connectivity index (χ2v) is 5.21. The standard InChI is InChI=1S/C16H21NO4/c1-2-8-21-9-7-15(18)17-11-13-6-4-3-5-12(13)10-14(17)16(19)20/h3-6,14H,2,7-11H2,1H3,(H,19,20). The zero-order valence-corrected chi connectivity index (χ0v) is 12.2. The van der Waals surface area contributed by atoms with Crippen LogP contribution in [0, 0.1) is 0 Å². The van der Waals surface area contributed by atoms with E-state index >= 15 is 0 Å². The summed E-state index contributed by atoms with van der Waals surface area (Å²) in [5.74, 6) is -1.11. The van der Waals surface area contributed by atoms with Gasteiger partial charge in [0.25, 0.3) is 0 Å². The van der Waals surface area contributed by atoms with Crippen molar-refractivity contribution in [3.8, 4) is 0 Å². The minimum absolute atomic E-state index is 0.159. The molecule has 0 bridgehead atoms. The van der Waals surface area contributed by atoms with Gasteiger partial charge in [0, 0.05) is 19.6 Å². The highest BCUT2D eigenvalue weighted by Gasteiger charge is 2.33. The summed E-state index contributed by atoms with van der Waals surface area (Å²) in [4.78, 5) is 25.2. The van der Waals surface area contributed by atoms with Gasteiger partial charge in [0.05, 0.1) is 13.0 Å². The SMILES string of the molecule is CCCOCCC(=O)N1Cc2ccccc2CC1C(=O)O. The van der Waals surface area contributed by atoms with Crippen LogP contribution in [0.1, 0.15) is 30.9 Å². The van der Waals surface area contributed by atoms with E-state index in [-0.39, 0.29) is 12.3 Å². The predicted molar refractivity (Wildman–Crippen MR) is 77.8 cm³/mol. The molecule has 0 fully saturated rings. The first-order valence-corrected chi connectivity index (χ1v) is 7.30. The summed E-state index contributed by atoms with van der Waals surface area (Å²) in [6.07, 6.45) is 1.50. The number of ether oxygens (including phenoxy) is 1. The fourth-order valence-corrected chi connectivity index (χ4v) is 2.56. The molecule has 0 saturated heterocycles. The number of hydrogen-bond acceptors (Lipinski definition) is 3. The maximum atomic E-state index is 12.3. The fraction of sp³-hybridized carbons (Fsp3) is 0.500. The van der Waals surface area contributed by atoms with Crippen molar-refractivity contribution in [1.82, 2.24) is 4.90 Å². The molecule has 0 spiro atoms. The lowest BCUT2D eigenvalue weighted by molar-refractivity contribution is -0.151. The van der Waals surface area contributed by atoms with Crippen molar-refractivity contribution >= 4 is 11.9 Å². The van der Waals surface area contributed by atoms with Crippen LogP contribution in [-0.2, 0) is 27.3 Å². The number of carbonyl (C=O) groups is 2. The Bertz CT molecular complexity index is 515. The summed E-state index contributed by atoms with van der Waals surface area (Å²) in [5.41, 5.74) is 2.04. The van der Waals surface area contributed by atoms with Crippen LogP contribution in [0.4, 0.5) is 0 Å². The summed E-state index contributed by atoms with van der Waals surface area (Å²) in [6.45, 7) is 3.33. The highest BCUT2D eigenvalue weighted by Crippen LogP contribution is 2.24. The minimum Gasteiger partial charge on any atom is -0.480 e. The Hall–Kier alpha value is -1.88. The average Bonchev–Trinajstić information content (AvgIpc) is 2.50. The second-order valence-electron chi connectivity index (χ2n) is 5.21. The molecule has 114 valence electrons. The van der Waals surface area contributed by atoms with Gasteiger partial charge in [-0.1, -0.05) is 31.2 Å². The van der Waals surface area contributed by atoms with Gasteiger partial charge in [-0.05, 0) is 17.5 Å². The summed E-state index contributed by atoms with van der Waals surface area (Å²) in [7, 11) is 0. The zero-order chi connectivity index (χ0) is 15.2. The summed E-state index contributed by atoms with van der Waals surface area (Å²) < 4.78 is 5.31. The normalized spacial score (nSPS) is 17.4. The quantitative estimate of drug-likeness (QED) is 0.812. The minimum atomic E-state index is -0.952. The Kier molecular flexibility index (Phi) is 5.33. The largest absolute Gasteiger partial charge is 0.480 e. The molecular formula is C16H21NO4. The molecule has 21 heavy (non-hydrogen) atoms. The Balaban J connectivity index is 2.06. The Morgan fingerprint density at radius 3 is 2.67 bits per heavy atom. The number of rotatable bonds is 6. The molecule has 1 aromatic rings. The number of nitrogens with zero attached hydrogens (tertiary/aromatic N) is 1. The molecule has 1 amide bonds. The van der Waals surface area contributed by atoms with Crippen molar-refractivity contribution in [3.05, 3.63) is 35.4 Å². The third-order valence-corrected chi connectivity index (χ3v) is 3.66. The van der Waals surface area contributed by atoms with E-state index in [1.54, 1.807) is 0 Å². The summed E-state index contributed by atoms with van der Waals surface area (Å²) in [6, 6.07) is 6.90. The van der Waals surface area contributed by atoms with E-state index in [0.717, 1.165) is 17.5 Å². The summed E-state index contributed by atoms with van der Waals surface area (Å²) >= 11 is 0. The molecule has 0 radical (unpaired) electrons. The first kappa shape index (κ1) is 15.5. The second kappa shape index (κ2) is 7.22. The lowest BCUT2D eigenvalue weighted by atomic mass is 9.94. The third-order valence-electron chi connectivity index (χ3n) is 3.66. The predicted octanol–water partition coefficient (Wildman–Crippen LogP) is 1.84. The maximum absolute atomic E-state index is 12.3. The maximum Gasteiger partial charge on any atom is 0.326 e.